The molecule has 1 aromatic carbocycles. The first-order valence-electron chi connectivity index (χ1n) is 9.51. The molecule has 1 saturated carbocycles. The Balaban J connectivity index is 1.50. The molecule has 0 radical (unpaired) electrons. The number of hydrogen-bond acceptors (Lipinski definition) is 5. The number of amides is 1. The minimum absolute atomic E-state index is 0.121. The van der Waals surface area contributed by atoms with Crippen LogP contribution in [0, 0.1) is 5.92 Å². The summed E-state index contributed by atoms with van der Waals surface area (Å²) in [5, 5.41) is 6.96. The number of carbonyl (C=O) groups is 1. The molecular weight excluding hydrogens is 380 g/mol. The maximum absolute atomic E-state index is 13.6. The fraction of sp³-hybridized carbons (Fsp3) is 0.400. The Bertz CT molecular complexity index is 936. The first-order valence-corrected chi connectivity index (χ1v) is 9.51. The normalized spacial score (nSPS) is 17.7. The van der Waals surface area contributed by atoms with Crippen LogP contribution in [0.15, 0.2) is 48.9 Å². The van der Waals surface area contributed by atoms with E-state index in [0.717, 1.165) is 5.56 Å². The summed E-state index contributed by atoms with van der Waals surface area (Å²) in [5.41, 5.74) is 1.39. The van der Waals surface area contributed by atoms with E-state index in [2.05, 4.69) is 20.4 Å². The fourth-order valence-corrected chi connectivity index (χ4v) is 3.62. The van der Waals surface area contributed by atoms with E-state index in [4.69, 9.17) is 4.74 Å². The van der Waals surface area contributed by atoms with E-state index < -0.39 is 18.1 Å². The number of fused-ring (bicyclic) bond motifs is 1. The molecule has 29 heavy (non-hydrogen) atoms. The van der Waals surface area contributed by atoms with Crippen LogP contribution in [-0.2, 0) is 11.3 Å². The number of nitrogens with one attached hydrogen (secondary N) is 1. The predicted octanol–water partition coefficient (Wildman–Crippen LogP) is 3.92. The molecule has 1 N–H and O–H groups in total. The molecule has 1 fully saturated rings. The van der Waals surface area contributed by atoms with Gasteiger partial charge >= 0.3 is 6.09 Å². The second-order valence-electron chi connectivity index (χ2n) is 7.23. The lowest BCUT2D eigenvalue weighted by molar-refractivity contribution is -0.0497. The molecular formula is C20H21F2N5O2. The van der Waals surface area contributed by atoms with Crippen LogP contribution >= 0.6 is 0 Å². The highest BCUT2D eigenvalue weighted by Gasteiger charge is 2.39. The van der Waals surface area contributed by atoms with Gasteiger partial charge in [-0.2, -0.15) is 5.10 Å². The zero-order valence-corrected chi connectivity index (χ0v) is 15.7. The van der Waals surface area contributed by atoms with Gasteiger partial charge in [-0.25, -0.2) is 28.1 Å². The Morgan fingerprint density at radius 1 is 1.24 bits per heavy atom. The number of alkyl carbamates (subject to hydrolysis) is 1. The highest BCUT2D eigenvalue weighted by Crippen LogP contribution is 2.41. The Morgan fingerprint density at radius 3 is 2.72 bits per heavy atom. The maximum atomic E-state index is 13.6. The minimum Gasteiger partial charge on any atom is -0.445 e. The molecule has 0 aliphatic heterocycles. The molecule has 1 aliphatic rings. The van der Waals surface area contributed by atoms with Gasteiger partial charge in [0.2, 0.25) is 5.92 Å². The Morgan fingerprint density at radius 2 is 2.00 bits per heavy atom. The van der Waals surface area contributed by atoms with Crippen molar-refractivity contribution in [3.8, 4) is 0 Å². The van der Waals surface area contributed by atoms with Crippen molar-refractivity contribution in [3.63, 3.8) is 0 Å². The number of imidazole rings is 1. The molecule has 4 rings (SSSR count). The van der Waals surface area contributed by atoms with E-state index in [0.29, 0.717) is 11.5 Å². The molecule has 152 valence electrons. The van der Waals surface area contributed by atoms with Crippen LogP contribution in [0.3, 0.4) is 0 Å². The topological polar surface area (TPSA) is 81.4 Å². The van der Waals surface area contributed by atoms with Crippen LogP contribution in [0.25, 0.3) is 5.78 Å². The molecule has 0 unspecified atom stereocenters. The summed E-state index contributed by atoms with van der Waals surface area (Å²) in [6.07, 6.45) is 4.24. The average molecular weight is 401 g/mol. The lowest BCUT2D eigenvalue weighted by Gasteiger charge is -2.33. The molecule has 0 spiro atoms. The largest absolute Gasteiger partial charge is 0.445 e. The zero-order valence-electron chi connectivity index (χ0n) is 15.7. The number of rotatable bonds is 5. The van der Waals surface area contributed by atoms with Crippen molar-refractivity contribution in [3.05, 3.63) is 60.2 Å². The average Bonchev–Trinajstić information content (AvgIpc) is 3.15. The van der Waals surface area contributed by atoms with Gasteiger partial charge in [-0.05, 0) is 24.3 Å². The number of nitrogens with zero attached hydrogens (tertiary/aromatic N) is 4. The first-order chi connectivity index (χ1) is 14.0. The predicted molar refractivity (Wildman–Crippen MR) is 100 cm³/mol. The molecule has 2 heterocycles. The number of aromatic nitrogens is 4. The molecule has 1 aliphatic carbocycles. The van der Waals surface area contributed by atoms with Gasteiger partial charge < -0.3 is 10.1 Å². The molecule has 2 aromatic heterocycles. The third-order valence-corrected chi connectivity index (χ3v) is 5.17. The first kappa shape index (κ1) is 19.2. The van der Waals surface area contributed by atoms with E-state index in [1.807, 2.05) is 30.3 Å². The van der Waals surface area contributed by atoms with Crippen molar-refractivity contribution in [2.75, 3.05) is 0 Å². The Kier molecular flexibility index (Phi) is 5.37. The lowest BCUT2D eigenvalue weighted by Crippen LogP contribution is -2.37. The van der Waals surface area contributed by atoms with Gasteiger partial charge in [0.05, 0.1) is 30.3 Å². The van der Waals surface area contributed by atoms with Crippen molar-refractivity contribution >= 4 is 11.9 Å². The van der Waals surface area contributed by atoms with Gasteiger partial charge in [-0.3, -0.25) is 0 Å². The van der Waals surface area contributed by atoms with E-state index in [1.165, 1.54) is 16.9 Å². The van der Waals surface area contributed by atoms with E-state index in [1.54, 1.807) is 6.20 Å². The smallest absolute Gasteiger partial charge is 0.408 e. The number of halogens is 2. The number of benzene rings is 1. The van der Waals surface area contributed by atoms with Crippen LogP contribution in [0.2, 0.25) is 0 Å². The van der Waals surface area contributed by atoms with Gasteiger partial charge in [0, 0.05) is 12.8 Å². The van der Waals surface area contributed by atoms with Gasteiger partial charge in [0.15, 0.2) is 0 Å². The monoisotopic (exact) mass is 401 g/mol. The highest BCUT2D eigenvalue weighted by atomic mass is 19.3. The van der Waals surface area contributed by atoms with Crippen LogP contribution in [0.5, 0.6) is 0 Å². The molecule has 1 atom stereocenters. The van der Waals surface area contributed by atoms with E-state index >= 15 is 0 Å². The van der Waals surface area contributed by atoms with Gasteiger partial charge in [-0.1, -0.05) is 30.3 Å². The van der Waals surface area contributed by atoms with Crippen molar-refractivity contribution in [2.45, 2.75) is 44.3 Å². The highest BCUT2D eigenvalue weighted by molar-refractivity contribution is 5.68. The second kappa shape index (κ2) is 8.10. The summed E-state index contributed by atoms with van der Waals surface area (Å²) in [5.74, 6) is -2.45. The standard InChI is InChI=1S/C20H21F2N5O2/c21-20(22)8-6-15(7-9-20)17(16-12-27-18(25-16)23-10-11-24-27)26-19(28)29-13-14-4-2-1-3-5-14/h1-5,10-12,15,17H,6-9,13H2,(H,26,28)/t17-/m0/s1. The molecule has 7 nitrogen and oxygen atoms in total. The van der Waals surface area contributed by atoms with Crippen molar-refractivity contribution in [1.29, 1.82) is 0 Å². The molecule has 1 amide bonds. The van der Waals surface area contributed by atoms with Gasteiger partial charge in [0.25, 0.3) is 5.78 Å². The Labute approximate surface area is 166 Å². The van der Waals surface area contributed by atoms with Crippen molar-refractivity contribution in [2.24, 2.45) is 5.92 Å². The van der Waals surface area contributed by atoms with Gasteiger partial charge in [-0.15, -0.1) is 0 Å². The van der Waals surface area contributed by atoms with Gasteiger partial charge in [0.1, 0.15) is 6.61 Å². The van der Waals surface area contributed by atoms with Crippen LogP contribution < -0.4 is 5.32 Å². The minimum atomic E-state index is -2.66. The number of alkyl halides is 2. The fourth-order valence-electron chi connectivity index (χ4n) is 3.62. The Hall–Kier alpha value is -3.10. The lowest BCUT2D eigenvalue weighted by atomic mass is 9.81. The summed E-state index contributed by atoms with van der Waals surface area (Å²) < 4.78 is 34.1. The summed E-state index contributed by atoms with van der Waals surface area (Å²) in [6.45, 7) is 0.121. The molecule has 3 aromatic rings. The number of hydrogen-bond donors (Lipinski definition) is 1. The van der Waals surface area contributed by atoms with Crippen molar-refractivity contribution in [1.82, 2.24) is 24.9 Å². The third kappa shape index (κ3) is 4.67. The van der Waals surface area contributed by atoms with E-state index in [9.17, 15) is 13.6 Å². The second-order valence-corrected chi connectivity index (χ2v) is 7.23. The van der Waals surface area contributed by atoms with Crippen LogP contribution in [0.4, 0.5) is 13.6 Å². The zero-order chi connectivity index (χ0) is 20.3. The summed E-state index contributed by atoms with van der Waals surface area (Å²) in [4.78, 5) is 21.0. The number of carbonyl (C=O) groups excluding carboxylic acids is 1. The quantitative estimate of drug-likeness (QED) is 0.701. The molecule has 9 heteroatoms. The van der Waals surface area contributed by atoms with Crippen LogP contribution in [0.1, 0.15) is 43.0 Å². The summed E-state index contributed by atoms with van der Waals surface area (Å²) >= 11 is 0. The van der Waals surface area contributed by atoms with E-state index in [-0.39, 0.29) is 38.2 Å². The molecule has 0 bridgehead atoms. The summed E-state index contributed by atoms with van der Waals surface area (Å²) in [7, 11) is 0. The maximum Gasteiger partial charge on any atom is 0.408 e. The SMILES string of the molecule is O=C(N[C@H](c1cn2nccnc2n1)C1CCC(F)(F)CC1)OCc1ccccc1. The third-order valence-electron chi connectivity index (χ3n) is 5.17. The number of ether oxygens (including phenoxy) is 1. The molecule has 0 saturated heterocycles. The van der Waals surface area contributed by atoms with Crippen molar-refractivity contribution < 1.29 is 18.3 Å². The van der Waals surface area contributed by atoms with Crippen LogP contribution in [-0.4, -0.2) is 31.6 Å². The summed E-state index contributed by atoms with van der Waals surface area (Å²) in [6, 6.07) is 8.75.